The molecule has 0 aliphatic carbocycles. The average Bonchev–Trinajstić information content (AvgIpc) is 3.43. The lowest BCUT2D eigenvalue weighted by Gasteiger charge is -2.39. The Morgan fingerprint density at radius 2 is 1.64 bits per heavy atom. The molecule has 9 nitrogen and oxygen atoms in total. The number of nitrogens with zero attached hydrogens (tertiary/aromatic N) is 2. The van der Waals surface area contributed by atoms with Gasteiger partial charge in [0.25, 0.3) is 5.91 Å². The Kier molecular flexibility index (Phi) is 4.71. The first-order valence-electron chi connectivity index (χ1n) is 11.7. The molecule has 4 fully saturated rings. The summed E-state index contributed by atoms with van der Waals surface area (Å²) >= 11 is 0. The van der Waals surface area contributed by atoms with E-state index in [-0.39, 0.29) is 18.4 Å². The van der Waals surface area contributed by atoms with E-state index in [0.29, 0.717) is 24.2 Å². The van der Waals surface area contributed by atoms with Crippen LogP contribution in [0.3, 0.4) is 0 Å². The third-order valence-electron chi connectivity index (χ3n) is 7.10. The van der Waals surface area contributed by atoms with E-state index < -0.39 is 48.3 Å². The first-order valence-corrected chi connectivity index (χ1v) is 11.7. The SMILES string of the molecule is CC1(C)O[C@H]2[C@@H](O1)[C@@H](CN1C(=O)[C@@H]3CCCN3C(=O)c3ccccc31)O[C@@H]1OC(C)(C)O[C@@H]12. The molecule has 0 unspecified atom stereocenters. The fourth-order valence-electron chi connectivity index (χ4n) is 5.82. The average molecular weight is 459 g/mol. The van der Waals surface area contributed by atoms with Crippen molar-refractivity contribution in [3.8, 4) is 0 Å². The van der Waals surface area contributed by atoms with Crippen LogP contribution in [0.2, 0.25) is 0 Å². The molecule has 0 saturated carbocycles. The van der Waals surface area contributed by atoms with Gasteiger partial charge >= 0.3 is 0 Å². The van der Waals surface area contributed by atoms with Gasteiger partial charge < -0.3 is 33.5 Å². The van der Waals surface area contributed by atoms with Crippen LogP contribution in [0, 0.1) is 0 Å². The zero-order valence-corrected chi connectivity index (χ0v) is 19.4. The quantitative estimate of drug-likeness (QED) is 0.670. The topological polar surface area (TPSA) is 86.8 Å². The Labute approximate surface area is 192 Å². The van der Waals surface area contributed by atoms with Gasteiger partial charge in [-0.2, -0.15) is 0 Å². The van der Waals surface area contributed by atoms with Gasteiger partial charge in [0.05, 0.1) is 17.8 Å². The van der Waals surface area contributed by atoms with E-state index in [4.69, 9.17) is 23.7 Å². The van der Waals surface area contributed by atoms with Crippen molar-refractivity contribution >= 4 is 17.5 Å². The molecule has 33 heavy (non-hydrogen) atoms. The third kappa shape index (κ3) is 3.40. The summed E-state index contributed by atoms with van der Waals surface area (Å²) in [6, 6.07) is 6.83. The highest BCUT2D eigenvalue weighted by Gasteiger charge is 2.61. The van der Waals surface area contributed by atoms with Crippen molar-refractivity contribution in [2.24, 2.45) is 0 Å². The predicted molar refractivity (Wildman–Crippen MR) is 115 cm³/mol. The van der Waals surface area contributed by atoms with Gasteiger partial charge in [0, 0.05) is 6.54 Å². The number of ether oxygens (including phenoxy) is 5. The zero-order chi connectivity index (χ0) is 23.1. The molecule has 1 aromatic rings. The van der Waals surface area contributed by atoms with Gasteiger partial charge in [-0.25, -0.2) is 0 Å². The summed E-state index contributed by atoms with van der Waals surface area (Å²) in [7, 11) is 0. The van der Waals surface area contributed by atoms with Crippen molar-refractivity contribution in [1.82, 2.24) is 4.90 Å². The first-order chi connectivity index (χ1) is 15.6. The summed E-state index contributed by atoms with van der Waals surface area (Å²) < 4.78 is 30.9. The summed E-state index contributed by atoms with van der Waals surface area (Å²) in [5.74, 6) is -1.81. The van der Waals surface area contributed by atoms with Crippen molar-refractivity contribution in [3.05, 3.63) is 29.8 Å². The number of carbonyl (C=O) groups is 2. The molecule has 5 heterocycles. The Morgan fingerprint density at radius 3 is 2.45 bits per heavy atom. The maximum atomic E-state index is 13.7. The monoisotopic (exact) mass is 458 g/mol. The number of rotatable bonds is 2. The van der Waals surface area contributed by atoms with Crippen molar-refractivity contribution in [3.63, 3.8) is 0 Å². The van der Waals surface area contributed by atoms with Crippen LogP contribution in [0.25, 0.3) is 0 Å². The first kappa shape index (κ1) is 21.5. The van der Waals surface area contributed by atoms with E-state index in [2.05, 4.69) is 0 Å². The highest BCUT2D eigenvalue weighted by atomic mass is 16.9. The van der Waals surface area contributed by atoms with Crippen LogP contribution in [0.5, 0.6) is 0 Å². The van der Waals surface area contributed by atoms with E-state index in [1.54, 1.807) is 15.9 Å². The third-order valence-corrected chi connectivity index (χ3v) is 7.10. The van der Waals surface area contributed by atoms with Crippen LogP contribution in [-0.4, -0.2) is 78.1 Å². The number of anilines is 1. The molecule has 6 atom stereocenters. The van der Waals surface area contributed by atoms with Crippen LogP contribution in [0.15, 0.2) is 24.3 Å². The summed E-state index contributed by atoms with van der Waals surface area (Å²) in [6.07, 6.45) is -0.944. The molecule has 0 spiro atoms. The number of hydrogen-bond donors (Lipinski definition) is 0. The second-order valence-electron chi connectivity index (χ2n) is 10.3. The highest BCUT2D eigenvalue weighted by Crippen LogP contribution is 2.45. The maximum Gasteiger partial charge on any atom is 0.256 e. The normalized spacial score (nSPS) is 38.5. The minimum Gasteiger partial charge on any atom is -0.342 e. The van der Waals surface area contributed by atoms with Crippen molar-refractivity contribution in [2.75, 3.05) is 18.0 Å². The van der Waals surface area contributed by atoms with E-state index in [0.717, 1.165) is 6.42 Å². The summed E-state index contributed by atoms with van der Waals surface area (Å²) in [5.41, 5.74) is 1.14. The molecular formula is C24H30N2O7. The molecule has 0 bridgehead atoms. The Hall–Kier alpha value is -2.04. The molecule has 0 aromatic heterocycles. The molecule has 9 heteroatoms. The molecule has 178 valence electrons. The van der Waals surface area contributed by atoms with Gasteiger partial charge in [-0.15, -0.1) is 0 Å². The minimum atomic E-state index is -0.819. The van der Waals surface area contributed by atoms with Gasteiger partial charge in [0.1, 0.15) is 30.5 Å². The summed E-state index contributed by atoms with van der Waals surface area (Å²) in [6.45, 7) is 8.22. The van der Waals surface area contributed by atoms with Gasteiger partial charge in [0.15, 0.2) is 17.9 Å². The fraction of sp³-hybridized carbons (Fsp3) is 0.667. The van der Waals surface area contributed by atoms with Gasteiger partial charge in [-0.1, -0.05) is 12.1 Å². The van der Waals surface area contributed by atoms with Crippen LogP contribution >= 0.6 is 0 Å². The highest BCUT2D eigenvalue weighted by molar-refractivity contribution is 6.11. The smallest absolute Gasteiger partial charge is 0.256 e. The molecule has 1 aromatic carbocycles. The van der Waals surface area contributed by atoms with Crippen LogP contribution in [0.1, 0.15) is 50.9 Å². The molecule has 0 N–H and O–H groups in total. The van der Waals surface area contributed by atoms with Crippen LogP contribution < -0.4 is 4.90 Å². The maximum absolute atomic E-state index is 13.7. The summed E-state index contributed by atoms with van der Waals surface area (Å²) in [5, 5.41) is 0. The Balaban J connectivity index is 1.36. The lowest BCUT2D eigenvalue weighted by atomic mass is 9.98. The molecule has 5 aliphatic rings. The number of amides is 2. The number of fused-ring (bicyclic) bond motifs is 5. The number of para-hydroxylation sites is 1. The lowest BCUT2D eigenvalue weighted by Crippen LogP contribution is -2.59. The van der Waals surface area contributed by atoms with Gasteiger partial charge in [-0.05, 0) is 52.7 Å². The predicted octanol–water partition coefficient (Wildman–Crippen LogP) is 2.03. The molecule has 5 aliphatic heterocycles. The number of hydrogen-bond acceptors (Lipinski definition) is 7. The largest absolute Gasteiger partial charge is 0.342 e. The Morgan fingerprint density at radius 1 is 0.939 bits per heavy atom. The van der Waals surface area contributed by atoms with Crippen molar-refractivity contribution < 1.29 is 33.3 Å². The van der Waals surface area contributed by atoms with E-state index in [1.165, 1.54) is 0 Å². The van der Waals surface area contributed by atoms with E-state index in [1.807, 2.05) is 45.9 Å². The standard InChI is InChI=1S/C24H30N2O7/c1-23(2)30-17-16(29-22-19(18(17)31-23)32-24(3,4)33-22)12-26-14-9-6-5-8-13(14)20(27)25-11-7-10-15(25)21(26)28/h5-6,8-9,15-19,22H,7,10-12H2,1-4H3/t15-,16+,17-,18-,19+,22+/m0/s1. The summed E-state index contributed by atoms with van der Waals surface area (Å²) in [4.78, 5) is 30.3. The van der Waals surface area contributed by atoms with Crippen LogP contribution in [-0.2, 0) is 28.5 Å². The van der Waals surface area contributed by atoms with E-state index >= 15 is 0 Å². The number of carbonyl (C=O) groups excluding carboxylic acids is 2. The zero-order valence-electron chi connectivity index (χ0n) is 19.4. The van der Waals surface area contributed by atoms with Crippen molar-refractivity contribution in [2.45, 2.75) is 88.9 Å². The Bertz CT molecular complexity index is 995. The molecule has 4 saturated heterocycles. The van der Waals surface area contributed by atoms with Gasteiger partial charge in [0.2, 0.25) is 5.91 Å². The second kappa shape index (κ2) is 7.23. The van der Waals surface area contributed by atoms with E-state index in [9.17, 15) is 9.59 Å². The fourth-order valence-corrected chi connectivity index (χ4v) is 5.82. The molecule has 2 amide bonds. The second-order valence-corrected chi connectivity index (χ2v) is 10.3. The molecular weight excluding hydrogens is 428 g/mol. The minimum absolute atomic E-state index is 0.0878. The molecule has 0 radical (unpaired) electrons. The lowest BCUT2D eigenvalue weighted by molar-refractivity contribution is -0.231. The van der Waals surface area contributed by atoms with Gasteiger partial charge in [-0.3, -0.25) is 9.59 Å². The number of benzene rings is 1. The van der Waals surface area contributed by atoms with Crippen molar-refractivity contribution in [1.29, 1.82) is 0 Å². The van der Waals surface area contributed by atoms with Crippen LogP contribution in [0.4, 0.5) is 5.69 Å². The molecule has 6 rings (SSSR count).